The molecule has 7 heteroatoms. The van der Waals surface area contributed by atoms with Crippen LogP contribution < -0.4 is 10.2 Å². The number of likely N-dealkylation sites (N-methyl/N-ethyl adjacent to an activating group) is 1. The van der Waals surface area contributed by atoms with Crippen LogP contribution in [0.2, 0.25) is 0 Å². The molecule has 1 N–H and O–H groups in total. The van der Waals surface area contributed by atoms with Crippen LogP contribution in [0, 0.1) is 5.92 Å². The minimum Gasteiger partial charge on any atom is -0.355 e. The number of hydrogen-bond acceptors (Lipinski definition) is 6. The van der Waals surface area contributed by atoms with Gasteiger partial charge in [0.05, 0.1) is 4.88 Å². The van der Waals surface area contributed by atoms with Crippen LogP contribution in [0.3, 0.4) is 0 Å². The smallest absolute Gasteiger partial charge is 0.223 e. The average Bonchev–Trinajstić information content (AvgIpc) is 3.35. The Bertz CT molecular complexity index is 780. The van der Waals surface area contributed by atoms with E-state index in [0.29, 0.717) is 6.04 Å². The number of nitrogens with zero attached hydrogens (tertiary/aromatic N) is 4. The number of anilines is 1. The number of carbonyl (C=O) groups excluding carboxylic acids is 1. The lowest BCUT2D eigenvalue weighted by molar-refractivity contribution is -0.125. The molecule has 0 aromatic carbocycles. The maximum Gasteiger partial charge on any atom is 0.223 e. The standard InChI is InChI=1S/C23H33N5OS/c1-27(19-6-3-2-4-7-19)16-13-24-23(29)18-11-14-28(15-12-18)22-10-9-20(25-26-22)21-8-5-17-30-21/h5,8-10,17-19H,2-4,6-7,11-16H2,1H3,(H,24,29). The van der Waals surface area contributed by atoms with Gasteiger partial charge in [-0.25, -0.2) is 0 Å². The Labute approximate surface area is 183 Å². The van der Waals surface area contributed by atoms with E-state index in [2.05, 4.69) is 43.8 Å². The molecule has 162 valence electrons. The van der Waals surface area contributed by atoms with Gasteiger partial charge in [-0.05, 0) is 56.3 Å². The first-order valence-corrected chi connectivity index (χ1v) is 12.2. The van der Waals surface area contributed by atoms with Gasteiger partial charge in [0.1, 0.15) is 5.69 Å². The normalized spacial score (nSPS) is 18.7. The number of aromatic nitrogens is 2. The molecule has 1 saturated heterocycles. The summed E-state index contributed by atoms with van der Waals surface area (Å²) < 4.78 is 0. The van der Waals surface area contributed by atoms with E-state index in [-0.39, 0.29) is 11.8 Å². The molecule has 4 rings (SSSR count). The summed E-state index contributed by atoms with van der Waals surface area (Å²) in [5.41, 5.74) is 0.918. The summed E-state index contributed by atoms with van der Waals surface area (Å²) >= 11 is 1.67. The van der Waals surface area contributed by atoms with Gasteiger partial charge in [0.25, 0.3) is 0 Å². The number of piperidine rings is 1. The highest BCUT2D eigenvalue weighted by Crippen LogP contribution is 2.25. The van der Waals surface area contributed by atoms with Crippen molar-refractivity contribution in [1.82, 2.24) is 20.4 Å². The molecule has 1 aliphatic heterocycles. The van der Waals surface area contributed by atoms with Crippen molar-refractivity contribution in [2.75, 3.05) is 38.1 Å². The van der Waals surface area contributed by atoms with Crippen molar-refractivity contribution in [3.8, 4) is 10.6 Å². The van der Waals surface area contributed by atoms with Gasteiger partial charge in [0.2, 0.25) is 5.91 Å². The molecule has 2 aromatic heterocycles. The fourth-order valence-electron chi connectivity index (χ4n) is 4.62. The summed E-state index contributed by atoms with van der Waals surface area (Å²) in [5, 5.41) is 14.0. The lowest BCUT2D eigenvalue weighted by Gasteiger charge is -2.33. The van der Waals surface area contributed by atoms with Crippen molar-refractivity contribution >= 4 is 23.1 Å². The first kappa shape index (κ1) is 21.2. The predicted molar refractivity (Wildman–Crippen MR) is 123 cm³/mol. The van der Waals surface area contributed by atoms with Crippen LogP contribution in [0.15, 0.2) is 29.6 Å². The van der Waals surface area contributed by atoms with Crippen LogP contribution in [0.5, 0.6) is 0 Å². The predicted octanol–water partition coefficient (Wildman–Crippen LogP) is 3.80. The zero-order valence-corrected chi connectivity index (χ0v) is 18.7. The molecule has 0 bridgehead atoms. The molecule has 6 nitrogen and oxygen atoms in total. The molecule has 2 aromatic rings. The third-order valence-corrected chi connectivity index (χ3v) is 7.47. The summed E-state index contributed by atoms with van der Waals surface area (Å²) in [5.74, 6) is 1.23. The van der Waals surface area contributed by atoms with Crippen LogP contribution in [0.1, 0.15) is 44.9 Å². The SMILES string of the molecule is CN(CCNC(=O)C1CCN(c2ccc(-c3cccs3)nn2)CC1)C1CCCCC1. The zero-order valence-electron chi connectivity index (χ0n) is 17.9. The number of rotatable bonds is 7. The summed E-state index contributed by atoms with van der Waals surface area (Å²) in [7, 11) is 2.20. The van der Waals surface area contributed by atoms with Gasteiger partial charge in [-0.15, -0.1) is 21.5 Å². The Balaban J connectivity index is 1.19. The third-order valence-electron chi connectivity index (χ3n) is 6.58. The Morgan fingerprint density at radius 2 is 1.93 bits per heavy atom. The lowest BCUT2D eigenvalue weighted by atomic mass is 9.94. The van der Waals surface area contributed by atoms with Gasteiger partial charge >= 0.3 is 0 Å². The fourth-order valence-corrected chi connectivity index (χ4v) is 5.32. The van der Waals surface area contributed by atoms with Gasteiger partial charge in [0.15, 0.2) is 5.82 Å². The second-order valence-corrected chi connectivity index (χ2v) is 9.53. The highest BCUT2D eigenvalue weighted by Gasteiger charge is 2.26. The summed E-state index contributed by atoms with van der Waals surface area (Å²) in [6.07, 6.45) is 8.43. The largest absolute Gasteiger partial charge is 0.355 e. The second kappa shape index (κ2) is 10.4. The van der Waals surface area contributed by atoms with Gasteiger partial charge in [-0.3, -0.25) is 4.79 Å². The first-order valence-electron chi connectivity index (χ1n) is 11.3. The van der Waals surface area contributed by atoms with Crippen molar-refractivity contribution < 1.29 is 4.79 Å². The molecule has 2 fully saturated rings. The van der Waals surface area contributed by atoms with Crippen molar-refractivity contribution in [1.29, 1.82) is 0 Å². The molecular weight excluding hydrogens is 394 g/mol. The van der Waals surface area contributed by atoms with Gasteiger partial charge in [-0.1, -0.05) is 25.3 Å². The Hall–Kier alpha value is -1.99. The van der Waals surface area contributed by atoms with E-state index >= 15 is 0 Å². The van der Waals surface area contributed by atoms with Gasteiger partial charge < -0.3 is 15.1 Å². The molecule has 0 atom stereocenters. The summed E-state index contributed by atoms with van der Waals surface area (Å²) in [6.45, 7) is 3.41. The van der Waals surface area contributed by atoms with Crippen LogP contribution >= 0.6 is 11.3 Å². The van der Waals surface area contributed by atoms with Crippen molar-refractivity contribution in [3.05, 3.63) is 29.6 Å². The Kier molecular flexibility index (Phi) is 7.33. The quantitative estimate of drug-likeness (QED) is 0.728. The minimum absolute atomic E-state index is 0.111. The van der Waals surface area contributed by atoms with Gasteiger partial charge in [-0.2, -0.15) is 0 Å². The van der Waals surface area contributed by atoms with E-state index < -0.39 is 0 Å². The highest BCUT2D eigenvalue weighted by atomic mass is 32.1. The molecular formula is C23H33N5OS. The maximum atomic E-state index is 12.6. The molecule has 2 aliphatic rings. The van der Waals surface area contributed by atoms with Crippen LogP contribution in [0.4, 0.5) is 5.82 Å². The van der Waals surface area contributed by atoms with E-state index in [9.17, 15) is 4.79 Å². The summed E-state index contributed by atoms with van der Waals surface area (Å²) in [4.78, 5) is 18.4. The number of amides is 1. The Morgan fingerprint density at radius 3 is 2.60 bits per heavy atom. The molecule has 1 aliphatic carbocycles. The molecule has 0 radical (unpaired) electrons. The number of thiophene rings is 1. The summed E-state index contributed by atoms with van der Waals surface area (Å²) in [6, 6.07) is 8.87. The number of carbonyl (C=O) groups is 1. The molecule has 30 heavy (non-hydrogen) atoms. The first-order chi connectivity index (χ1) is 14.7. The van der Waals surface area contributed by atoms with Crippen molar-refractivity contribution in [2.45, 2.75) is 51.0 Å². The van der Waals surface area contributed by atoms with Crippen LogP contribution in [0.25, 0.3) is 10.6 Å². The van der Waals surface area contributed by atoms with Crippen molar-refractivity contribution in [3.63, 3.8) is 0 Å². The highest BCUT2D eigenvalue weighted by molar-refractivity contribution is 7.13. The monoisotopic (exact) mass is 427 g/mol. The second-order valence-electron chi connectivity index (χ2n) is 8.58. The molecule has 1 saturated carbocycles. The van der Waals surface area contributed by atoms with E-state index in [1.54, 1.807) is 11.3 Å². The maximum absolute atomic E-state index is 12.6. The fraction of sp³-hybridized carbons (Fsp3) is 0.609. The molecule has 0 unspecified atom stereocenters. The molecule has 3 heterocycles. The number of nitrogens with one attached hydrogen (secondary N) is 1. The van der Waals surface area contributed by atoms with E-state index in [1.807, 2.05) is 18.2 Å². The van der Waals surface area contributed by atoms with E-state index in [1.165, 1.54) is 32.1 Å². The molecule has 1 amide bonds. The number of hydrogen-bond donors (Lipinski definition) is 1. The third kappa shape index (κ3) is 5.38. The molecule has 0 spiro atoms. The van der Waals surface area contributed by atoms with E-state index in [4.69, 9.17) is 0 Å². The van der Waals surface area contributed by atoms with E-state index in [0.717, 1.165) is 55.4 Å². The van der Waals surface area contributed by atoms with Crippen LogP contribution in [-0.4, -0.2) is 60.3 Å². The topological polar surface area (TPSA) is 61.4 Å². The minimum atomic E-state index is 0.111. The van der Waals surface area contributed by atoms with Crippen LogP contribution in [-0.2, 0) is 4.79 Å². The zero-order chi connectivity index (χ0) is 20.8. The average molecular weight is 428 g/mol. The van der Waals surface area contributed by atoms with Gasteiger partial charge in [0, 0.05) is 38.1 Å². The van der Waals surface area contributed by atoms with Crippen molar-refractivity contribution in [2.24, 2.45) is 5.92 Å². The lowest BCUT2D eigenvalue weighted by Crippen LogP contribution is -2.44. The Morgan fingerprint density at radius 1 is 1.13 bits per heavy atom.